The van der Waals surface area contributed by atoms with Crippen LogP contribution in [0.2, 0.25) is 0 Å². The van der Waals surface area contributed by atoms with Gasteiger partial charge in [0.1, 0.15) is 0 Å². The van der Waals surface area contributed by atoms with E-state index < -0.39 is 0 Å². The van der Waals surface area contributed by atoms with E-state index in [1.54, 1.807) is 0 Å². The molecular formula is C14H16BrNS. The molecule has 0 aliphatic rings. The number of thiophene rings is 1. The Balaban J connectivity index is 1.98. The number of aryl methyl sites for hydroxylation is 1. The molecule has 90 valence electrons. The number of benzene rings is 1. The molecule has 1 nitrogen and oxygen atoms in total. The zero-order valence-corrected chi connectivity index (χ0v) is 12.5. The normalized spacial score (nSPS) is 11.1. The Morgan fingerprint density at radius 3 is 2.71 bits per heavy atom. The van der Waals surface area contributed by atoms with Gasteiger partial charge in [-0.15, -0.1) is 11.3 Å². The van der Waals surface area contributed by atoms with E-state index in [0.29, 0.717) is 0 Å². The second-order valence-corrected chi connectivity index (χ2v) is 6.25. The minimum absolute atomic E-state index is 0.983. The number of halogens is 1. The average Bonchev–Trinajstić information content (AvgIpc) is 2.64. The van der Waals surface area contributed by atoms with E-state index >= 15 is 0 Å². The molecule has 0 unspecified atom stereocenters. The number of rotatable bonds is 4. The highest BCUT2D eigenvalue weighted by Gasteiger charge is 2.05. The predicted octanol–water partition coefficient (Wildman–Crippen LogP) is 4.45. The summed E-state index contributed by atoms with van der Waals surface area (Å²) < 4.78 is 1.15. The molecule has 0 amide bonds. The van der Waals surface area contributed by atoms with Gasteiger partial charge in [0, 0.05) is 22.4 Å². The highest BCUT2D eigenvalue weighted by molar-refractivity contribution is 9.10. The quantitative estimate of drug-likeness (QED) is 0.806. The molecule has 2 aromatic rings. The third kappa shape index (κ3) is 3.66. The molecule has 17 heavy (non-hydrogen) atoms. The van der Waals surface area contributed by atoms with Crippen LogP contribution in [-0.2, 0) is 13.1 Å². The molecular weight excluding hydrogens is 294 g/mol. The zero-order chi connectivity index (χ0) is 12.3. The fourth-order valence-corrected chi connectivity index (χ4v) is 3.25. The van der Waals surface area contributed by atoms with E-state index in [4.69, 9.17) is 0 Å². The summed E-state index contributed by atoms with van der Waals surface area (Å²) >= 11 is 5.35. The molecule has 0 saturated heterocycles. The van der Waals surface area contributed by atoms with Gasteiger partial charge in [-0.25, -0.2) is 0 Å². The number of nitrogens with zero attached hydrogens (tertiary/aromatic N) is 1. The predicted molar refractivity (Wildman–Crippen MR) is 78.4 cm³/mol. The van der Waals surface area contributed by atoms with Gasteiger partial charge in [-0.3, -0.25) is 4.90 Å². The number of hydrogen-bond donors (Lipinski definition) is 0. The lowest BCUT2D eigenvalue weighted by Crippen LogP contribution is -2.16. The summed E-state index contributed by atoms with van der Waals surface area (Å²) in [6.45, 7) is 4.19. The summed E-state index contributed by atoms with van der Waals surface area (Å²) in [5.74, 6) is 0. The molecule has 0 spiro atoms. The average molecular weight is 310 g/mol. The van der Waals surface area contributed by atoms with Crippen LogP contribution in [0.15, 0.2) is 40.2 Å². The Morgan fingerprint density at radius 1 is 1.24 bits per heavy atom. The molecule has 0 N–H and O–H groups in total. The molecule has 2 rings (SSSR count). The van der Waals surface area contributed by atoms with E-state index in [0.717, 1.165) is 17.6 Å². The van der Waals surface area contributed by atoms with E-state index in [9.17, 15) is 0 Å². The largest absolute Gasteiger partial charge is 0.297 e. The highest BCUT2D eigenvalue weighted by Crippen LogP contribution is 2.19. The second-order valence-electron chi connectivity index (χ2n) is 4.33. The van der Waals surface area contributed by atoms with Crippen molar-refractivity contribution in [3.8, 4) is 0 Å². The summed E-state index contributed by atoms with van der Waals surface area (Å²) in [5.41, 5.74) is 2.74. The molecule has 1 heterocycles. The van der Waals surface area contributed by atoms with Crippen molar-refractivity contribution < 1.29 is 0 Å². The fourth-order valence-electron chi connectivity index (χ4n) is 1.81. The minimum atomic E-state index is 0.983. The Kier molecular flexibility index (Phi) is 4.37. The van der Waals surface area contributed by atoms with Crippen LogP contribution in [0.1, 0.15) is 16.0 Å². The van der Waals surface area contributed by atoms with Gasteiger partial charge < -0.3 is 0 Å². The summed E-state index contributed by atoms with van der Waals surface area (Å²) in [4.78, 5) is 3.81. The summed E-state index contributed by atoms with van der Waals surface area (Å²) in [7, 11) is 2.17. The van der Waals surface area contributed by atoms with Gasteiger partial charge in [-0.2, -0.15) is 0 Å². The third-order valence-corrected chi connectivity index (χ3v) is 4.22. The van der Waals surface area contributed by atoms with Crippen molar-refractivity contribution in [1.82, 2.24) is 4.90 Å². The fraction of sp³-hybridized carbons (Fsp3) is 0.286. The first-order valence-electron chi connectivity index (χ1n) is 5.61. The number of hydrogen-bond acceptors (Lipinski definition) is 2. The van der Waals surface area contributed by atoms with Crippen molar-refractivity contribution in [2.75, 3.05) is 7.05 Å². The third-order valence-electron chi connectivity index (χ3n) is 2.72. The Morgan fingerprint density at radius 2 is 2.06 bits per heavy atom. The van der Waals surface area contributed by atoms with Crippen molar-refractivity contribution >= 4 is 27.3 Å². The first-order valence-corrected chi connectivity index (χ1v) is 7.28. The molecule has 0 aliphatic heterocycles. The van der Waals surface area contributed by atoms with E-state index in [2.05, 4.69) is 70.5 Å². The topological polar surface area (TPSA) is 3.24 Å². The van der Waals surface area contributed by atoms with Crippen molar-refractivity contribution in [3.63, 3.8) is 0 Å². The van der Waals surface area contributed by atoms with Gasteiger partial charge in [-0.1, -0.05) is 28.1 Å². The Bertz CT molecular complexity index is 492. The molecule has 0 bridgehead atoms. The van der Waals surface area contributed by atoms with Gasteiger partial charge in [-0.05, 0) is 48.7 Å². The first-order chi connectivity index (χ1) is 8.15. The van der Waals surface area contributed by atoms with Gasteiger partial charge in [0.05, 0.1) is 0 Å². The van der Waals surface area contributed by atoms with E-state index in [1.165, 1.54) is 16.0 Å². The zero-order valence-electron chi connectivity index (χ0n) is 10.1. The van der Waals surface area contributed by atoms with Crippen molar-refractivity contribution in [2.45, 2.75) is 20.0 Å². The molecule has 0 aliphatic carbocycles. The van der Waals surface area contributed by atoms with Crippen LogP contribution in [0.3, 0.4) is 0 Å². The first kappa shape index (κ1) is 12.8. The van der Waals surface area contributed by atoms with Crippen LogP contribution in [0.25, 0.3) is 0 Å². The lowest BCUT2D eigenvalue weighted by Gasteiger charge is -2.16. The molecule has 0 fully saturated rings. The lowest BCUT2D eigenvalue weighted by atomic mass is 10.2. The van der Waals surface area contributed by atoms with E-state index in [-0.39, 0.29) is 0 Å². The standard InChI is InChI=1S/C14H16BrNS/c1-11-6-7-17-14(11)10-16(2)9-12-4-3-5-13(15)8-12/h3-8H,9-10H2,1-2H3. The molecule has 1 aromatic heterocycles. The minimum Gasteiger partial charge on any atom is -0.297 e. The van der Waals surface area contributed by atoms with Crippen LogP contribution in [0, 0.1) is 6.92 Å². The maximum atomic E-state index is 3.51. The molecule has 0 atom stereocenters. The molecule has 3 heteroatoms. The highest BCUT2D eigenvalue weighted by atomic mass is 79.9. The van der Waals surface area contributed by atoms with Crippen LogP contribution in [0.5, 0.6) is 0 Å². The van der Waals surface area contributed by atoms with Gasteiger partial charge in [0.15, 0.2) is 0 Å². The summed E-state index contributed by atoms with van der Waals surface area (Å²) in [6, 6.07) is 10.7. The van der Waals surface area contributed by atoms with Crippen LogP contribution >= 0.6 is 27.3 Å². The Hall–Kier alpha value is -0.640. The van der Waals surface area contributed by atoms with Gasteiger partial charge in [0.25, 0.3) is 0 Å². The monoisotopic (exact) mass is 309 g/mol. The summed E-state index contributed by atoms with van der Waals surface area (Å²) in [5, 5.41) is 2.16. The molecule has 0 saturated carbocycles. The van der Waals surface area contributed by atoms with Crippen molar-refractivity contribution in [1.29, 1.82) is 0 Å². The van der Waals surface area contributed by atoms with Gasteiger partial charge >= 0.3 is 0 Å². The lowest BCUT2D eigenvalue weighted by molar-refractivity contribution is 0.321. The maximum absolute atomic E-state index is 3.51. The molecule has 1 aromatic carbocycles. The van der Waals surface area contributed by atoms with Crippen molar-refractivity contribution in [3.05, 3.63) is 56.2 Å². The van der Waals surface area contributed by atoms with E-state index in [1.807, 2.05) is 11.3 Å². The van der Waals surface area contributed by atoms with Crippen molar-refractivity contribution in [2.24, 2.45) is 0 Å². The maximum Gasteiger partial charge on any atom is 0.0331 e. The molecule has 0 radical (unpaired) electrons. The summed E-state index contributed by atoms with van der Waals surface area (Å²) in [6.07, 6.45) is 0. The smallest absolute Gasteiger partial charge is 0.0331 e. The van der Waals surface area contributed by atoms with Crippen LogP contribution in [-0.4, -0.2) is 11.9 Å². The van der Waals surface area contributed by atoms with Crippen LogP contribution in [0.4, 0.5) is 0 Å². The van der Waals surface area contributed by atoms with Crippen LogP contribution < -0.4 is 0 Å². The van der Waals surface area contributed by atoms with Gasteiger partial charge in [0.2, 0.25) is 0 Å². The SMILES string of the molecule is Cc1ccsc1CN(C)Cc1cccc(Br)c1. The second kappa shape index (κ2) is 5.80. The Labute approximate surface area is 115 Å².